The lowest BCUT2D eigenvalue weighted by molar-refractivity contribution is -0.276. The minimum Gasteiger partial charge on any atom is -0.396 e. The lowest BCUT2D eigenvalue weighted by atomic mass is 9.84. The van der Waals surface area contributed by atoms with Crippen LogP contribution in [0.25, 0.3) is 16.3 Å². The number of hydrogen-bond donors (Lipinski definition) is 1. The molecule has 1 aromatic carbocycles. The number of benzene rings is 1. The zero-order valence-electron chi connectivity index (χ0n) is 27.4. The van der Waals surface area contributed by atoms with Crippen LogP contribution in [-0.2, 0) is 19.2 Å². The number of thiazole rings is 1. The minimum atomic E-state index is -0.843. The van der Waals surface area contributed by atoms with Gasteiger partial charge in [0.05, 0.1) is 16.8 Å². The molecule has 3 amide bonds. The SMILES string of the molecule is CC(C)C[C@H]1ON(C(=O)/C=C/c2nc3ccccc3s2)[C@H]2CN(C3CCN(CCCCO)CC3)C(=O)[C@H](CC(C)(C)C)N2C1=O. The van der Waals surface area contributed by atoms with Crippen molar-refractivity contribution >= 4 is 45.4 Å². The number of hydrogen-bond acceptors (Lipinski definition) is 8. The molecular weight excluding hydrogens is 590 g/mol. The first kappa shape index (κ1) is 33.5. The summed E-state index contributed by atoms with van der Waals surface area (Å²) in [5.41, 5.74) is 0.654. The Morgan fingerprint density at radius 2 is 1.87 bits per heavy atom. The van der Waals surface area contributed by atoms with E-state index in [1.54, 1.807) is 11.0 Å². The van der Waals surface area contributed by atoms with Gasteiger partial charge in [-0.25, -0.2) is 4.98 Å². The maximum absolute atomic E-state index is 14.3. The average Bonchev–Trinajstić information content (AvgIpc) is 3.41. The van der Waals surface area contributed by atoms with Gasteiger partial charge in [0.25, 0.3) is 11.8 Å². The number of amides is 3. The van der Waals surface area contributed by atoms with Crippen LogP contribution in [-0.4, -0.2) is 105 Å². The first-order valence-corrected chi connectivity index (χ1v) is 17.3. The van der Waals surface area contributed by atoms with E-state index in [9.17, 15) is 14.4 Å². The fourth-order valence-electron chi connectivity index (χ4n) is 6.72. The smallest absolute Gasteiger partial charge is 0.272 e. The van der Waals surface area contributed by atoms with Crippen LogP contribution in [0, 0.1) is 11.3 Å². The number of aromatic nitrogens is 1. The van der Waals surface area contributed by atoms with Crippen LogP contribution in [0.4, 0.5) is 0 Å². The highest BCUT2D eigenvalue weighted by Gasteiger charge is 2.54. The molecule has 0 spiro atoms. The Labute approximate surface area is 271 Å². The number of likely N-dealkylation sites (tertiary alicyclic amines) is 1. The first-order valence-electron chi connectivity index (χ1n) is 16.4. The van der Waals surface area contributed by atoms with Crippen LogP contribution in [0.5, 0.6) is 0 Å². The van der Waals surface area contributed by atoms with Crippen molar-refractivity contribution in [2.75, 3.05) is 32.8 Å². The van der Waals surface area contributed by atoms with Gasteiger partial charge in [-0.1, -0.05) is 46.8 Å². The third-order valence-corrected chi connectivity index (χ3v) is 9.90. The molecule has 3 fully saturated rings. The molecule has 4 heterocycles. The predicted molar refractivity (Wildman–Crippen MR) is 176 cm³/mol. The zero-order chi connectivity index (χ0) is 32.3. The second-order valence-electron chi connectivity index (χ2n) is 14.2. The second-order valence-corrected chi connectivity index (χ2v) is 15.3. The Kier molecular flexibility index (Phi) is 10.6. The third kappa shape index (κ3) is 7.93. The van der Waals surface area contributed by atoms with E-state index in [4.69, 9.17) is 9.94 Å². The maximum atomic E-state index is 14.3. The second kappa shape index (κ2) is 14.3. The molecule has 0 aliphatic carbocycles. The van der Waals surface area contributed by atoms with Gasteiger partial charge in [0, 0.05) is 31.8 Å². The van der Waals surface area contributed by atoms with Gasteiger partial charge in [0.1, 0.15) is 11.0 Å². The molecule has 11 heteroatoms. The lowest BCUT2D eigenvalue weighted by Gasteiger charge is -2.55. The van der Waals surface area contributed by atoms with Crippen molar-refractivity contribution in [3.05, 3.63) is 35.3 Å². The number of hydroxylamine groups is 2. The van der Waals surface area contributed by atoms with Gasteiger partial charge < -0.3 is 19.8 Å². The van der Waals surface area contributed by atoms with E-state index in [0.717, 1.165) is 55.5 Å². The summed E-state index contributed by atoms with van der Waals surface area (Å²) in [5, 5.41) is 11.2. The van der Waals surface area contributed by atoms with Crippen LogP contribution in [0.3, 0.4) is 0 Å². The zero-order valence-corrected chi connectivity index (χ0v) is 28.2. The standard InChI is InChI=1S/C34H49N5O5S/c1-23(2)20-27-33(43)38-26(21-34(3,4)5)32(42)37(24-14-17-36(18-15-24)16-8-9-19-40)22-30(38)39(44-27)31(41)13-12-29-35-25-10-6-7-11-28(25)45-29/h6-7,10-13,23-24,26-27,30,40H,8-9,14-22H2,1-5H3/b13-12+/t26-,27+,30-/m0/s1. The van der Waals surface area contributed by atoms with Crippen LogP contribution in [0.15, 0.2) is 30.3 Å². The van der Waals surface area contributed by atoms with Crippen LogP contribution in [0.1, 0.15) is 78.2 Å². The molecule has 0 unspecified atom stereocenters. The van der Waals surface area contributed by atoms with Gasteiger partial charge in [0.15, 0.2) is 12.3 Å². The number of piperidine rings is 1. The highest BCUT2D eigenvalue weighted by atomic mass is 32.1. The molecule has 3 aliphatic rings. The number of unbranched alkanes of at least 4 members (excludes halogenated alkanes) is 1. The minimum absolute atomic E-state index is 0.0231. The summed E-state index contributed by atoms with van der Waals surface area (Å²) in [6.07, 6.45) is 5.96. The predicted octanol–water partition coefficient (Wildman–Crippen LogP) is 4.54. The lowest BCUT2D eigenvalue weighted by Crippen LogP contribution is -2.74. The average molecular weight is 640 g/mol. The van der Waals surface area contributed by atoms with Crippen LogP contribution in [0.2, 0.25) is 0 Å². The Balaban J connectivity index is 1.43. The third-order valence-electron chi connectivity index (χ3n) is 8.89. The maximum Gasteiger partial charge on any atom is 0.272 e. The fourth-order valence-corrected chi connectivity index (χ4v) is 7.59. The molecule has 0 saturated carbocycles. The number of nitrogens with zero attached hydrogens (tertiary/aromatic N) is 5. The van der Waals surface area contributed by atoms with Gasteiger partial charge in [-0.3, -0.25) is 19.2 Å². The fraction of sp³-hybridized carbons (Fsp3) is 0.647. The van der Waals surface area contributed by atoms with Crippen LogP contribution < -0.4 is 0 Å². The summed E-state index contributed by atoms with van der Waals surface area (Å²) in [6, 6.07) is 7.19. The van der Waals surface area contributed by atoms with E-state index in [-0.39, 0.29) is 48.2 Å². The molecule has 2 aromatic rings. The van der Waals surface area contributed by atoms with Crippen molar-refractivity contribution in [2.24, 2.45) is 11.3 Å². The highest BCUT2D eigenvalue weighted by Crippen LogP contribution is 2.36. The topological polar surface area (TPSA) is 107 Å². The van der Waals surface area contributed by atoms with Crippen molar-refractivity contribution in [3.63, 3.8) is 0 Å². The summed E-state index contributed by atoms with van der Waals surface area (Å²) in [4.78, 5) is 59.2. The van der Waals surface area contributed by atoms with Crippen molar-refractivity contribution < 1.29 is 24.3 Å². The van der Waals surface area contributed by atoms with E-state index < -0.39 is 18.3 Å². The van der Waals surface area contributed by atoms with E-state index in [0.29, 0.717) is 17.8 Å². The van der Waals surface area contributed by atoms with E-state index in [1.165, 1.54) is 22.5 Å². The molecule has 5 rings (SSSR count). The first-order chi connectivity index (χ1) is 21.4. The van der Waals surface area contributed by atoms with E-state index in [2.05, 4.69) is 30.7 Å². The Morgan fingerprint density at radius 1 is 1.13 bits per heavy atom. The van der Waals surface area contributed by atoms with Gasteiger partial charge in [-0.2, -0.15) is 5.06 Å². The Hall–Kier alpha value is -2.86. The number of para-hydroxylation sites is 1. The van der Waals surface area contributed by atoms with Gasteiger partial charge >= 0.3 is 0 Å². The molecule has 0 bridgehead atoms. The van der Waals surface area contributed by atoms with Crippen molar-refractivity contribution in [1.82, 2.24) is 24.7 Å². The number of fused-ring (bicyclic) bond motifs is 2. The molecular formula is C34H49N5O5S. The summed E-state index contributed by atoms with van der Waals surface area (Å²) in [5.74, 6) is -0.455. The quantitative estimate of drug-likeness (QED) is 0.301. The molecule has 45 heavy (non-hydrogen) atoms. The monoisotopic (exact) mass is 639 g/mol. The Morgan fingerprint density at radius 3 is 2.53 bits per heavy atom. The number of carbonyl (C=O) groups is 3. The molecule has 1 N–H and O–H groups in total. The molecule has 1 aromatic heterocycles. The number of aliphatic hydroxyl groups is 1. The van der Waals surface area contributed by atoms with Gasteiger partial charge in [0.2, 0.25) is 5.91 Å². The van der Waals surface area contributed by atoms with Gasteiger partial charge in [-0.05, 0) is 74.6 Å². The van der Waals surface area contributed by atoms with E-state index in [1.807, 2.05) is 43.0 Å². The summed E-state index contributed by atoms with van der Waals surface area (Å²) in [6.45, 7) is 13.4. The largest absolute Gasteiger partial charge is 0.396 e. The normalized spacial score (nSPS) is 24.0. The number of aliphatic hydroxyl groups excluding tert-OH is 1. The highest BCUT2D eigenvalue weighted by molar-refractivity contribution is 7.19. The molecule has 10 nitrogen and oxygen atoms in total. The van der Waals surface area contributed by atoms with Crippen molar-refractivity contribution in [3.8, 4) is 0 Å². The number of carbonyl (C=O) groups excluding carboxylic acids is 3. The van der Waals surface area contributed by atoms with Gasteiger partial charge in [-0.15, -0.1) is 11.3 Å². The molecule has 3 aliphatic heterocycles. The van der Waals surface area contributed by atoms with Crippen molar-refractivity contribution in [1.29, 1.82) is 0 Å². The molecule has 0 radical (unpaired) electrons. The summed E-state index contributed by atoms with van der Waals surface area (Å²) >= 11 is 1.51. The molecule has 246 valence electrons. The Bertz CT molecular complexity index is 1350. The summed E-state index contributed by atoms with van der Waals surface area (Å²) in [7, 11) is 0. The summed E-state index contributed by atoms with van der Waals surface area (Å²) < 4.78 is 1.04. The number of piperazine rings is 1. The molecule has 3 atom stereocenters. The van der Waals surface area contributed by atoms with E-state index >= 15 is 0 Å². The molecule has 3 saturated heterocycles. The van der Waals surface area contributed by atoms with Crippen LogP contribution >= 0.6 is 11.3 Å². The van der Waals surface area contributed by atoms with Crippen molar-refractivity contribution in [2.45, 2.75) is 97.5 Å². The number of rotatable bonds is 10.